The number of likely N-dealkylation sites (N-methyl/N-ethyl adjacent to an activating group) is 1. The first kappa shape index (κ1) is 22.3. The molecule has 184 valence electrons. The number of fused-ring (bicyclic) bond motifs is 2. The lowest BCUT2D eigenvalue weighted by atomic mass is 10.0. The average molecular weight is 487 g/mol. The Labute approximate surface area is 207 Å². The SMILES string of the molecule is CN1CCN(c2ccc(N3CCc4c(C(N)=O)nn(-c5ccc6c(c5)CCO6)c4C3=O)cc2)C(=O)C1. The van der Waals surface area contributed by atoms with E-state index >= 15 is 0 Å². The molecule has 0 spiro atoms. The van der Waals surface area contributed by atoms with Crippen molar-refractivity contribution in [1.29, 1.82) is 0 Å². The third-order valence-electron chi connectivity index (χ3n) is 7.05. The summed E-state index contributed by atoms with van der Waals surface area (Å²) >= 11 is 0. The molecule has 3 aliphatic rings. The first-order valence-electron chi connectivity index (χ1n) is 12.0. The Balaban J connectivity index is 1.34. The van der Waals surface area contributed by atoms with Gasteiger partial charge in [-0.2, -0.15) is 5.10 Å². The van der Waals surface area contributed by atoms with E-state index in [1.807, 2.05) is 54.4 Å². The lowest BCUT2D eigenvalue weighted by Crippen LogP contribution is -2.48. The normalized spacial score (nSPS) is 17.7. The van der Waals surface area contributed by atoms with Crippen molar-refractivity contribution in [1.82, 2.24) is 14.7 Å². The lowest BCUT2D eigenvalue weighted by molar-refractivity contribution is -0.120. The van der Waals surface area contributed by atoms with Crippen LogP contribution in [-0.2, 0) is 17.6 Å². The molecular weight excluding hydrogens is 460 g/mol. The predicted octanol–water partition coefficient (Wildman–Crippen LogP) is 1.39. The van der Waals surface area contributed by atoms with E-state index in [0.717, 1.165) is 30.0 Å². The smallest absolute Gasteiger partial charge is 0.277 e. The van der Waals surface area contributed by atoms with Gasteiger partial charge in [0.15, 0.2) is 5.69 Å². The fourth-order valence-corrected chi connectivity index (χ4v) is 5.17. The Morgan fingerprint density at radius 2 is 1.67 bits per heavy atom. The van der Waals surface area contributed by atoms with Crippen LogP contribution in [0.2, 0.25) is 0 Å². The first-order valence-corrected chi connectivity index (χ1v) is 12.0. The fraction of sp³-hybridized carbons (Fsp3) is 0.308. The van der Waals surface area contributed by atoms with Gasteiger partial charge < -0.3 is 20.3 Å². The second-order valence-corrected chi connectivity index (χ2v) is 9.35. The summed E-state index contributed by atoms with van der Waals surface area (Å²) < 4.78 is 7.13. The Hall–Kier alpha value is -4.18. The van der Waals surface area contributed by atoms with E-state index in [-0.39, 0.29) is 17.5 Å². The zero-order chi connectivity index (χ0) is 25.0. The van der Waals surface area contributed by atoms with E-state index in [2.05, 4.69) is 5.10 Å². The van der Waals surface area contributed by atoms with E-state index in [4.69, 9.17) is 10.5 Å². The molecule has 3 amide bonds. The lowest BCUT2D eigenvalue weighted by Gasteiger charge is -2.32. The molecule has 4 heterocycles. The summed E-state index contributed by atoms with van der Waals surface area (Å²) in [4.78, 5) is 43.8. The largest absolute Gasteiger partial charge is 0.493 e. The van der Waals surface area contributed by atoms with Crippen LogP contribution in [0.25, 0.3) is 5.69 Å². The number of anilines is 2. The highest BCUT2D eigenvalue weighted by Gasteiger charge is 2.35. The summed E-state index contributed by atoms with van der Waals surface area (Å²) in [5.41, 5.74) is 9.90. The molecule has 1 saturated heterocycles. The Morgan fingerprint density at radius 1 is 0.944 bits per heavy atom. The minimum atomic E-state index is -0.656. The molecule has 2 N–H and O–H groups in total. The quantitative estimate of drug-likeness (QED) is 0.596. The van der Waals surface area contributed by atoms with Crippen LogP contribution in [0.4, 0.5) is 11.4 Å². The molecule has 2 aromatic carbocycles. The number of ether oxygens (including phenoxy) is 1. The van der Waals surface area contributed by atoms with Crippen molar-refractivity contribution in [3.8, 4) is 11.4 Å². The van der Waals surface area contributed by atoms with E-state index in [1.165, 1.54) is 4.68 Å². The number of aromatic nitrogens is 2. The number of hydrogen-bond acceptors (Lipinski definition) is 6. The van der Waals surface area contributed by atoms with Gasteiger partial charge in [-0.3, -0.25) is 19.3 Å². The Morgan fingerprint density at radius 3 is 2.39 bits per heavy atom. The first-order chi connectivity index (χ1) is 17.4. The highest BCUT2D eigenvalue weighted by molar-refractivity contribution is 6.09. The molecule has 10 nitrogen and oxygen atoms in total. The number of piperazine rings is 1. The van der Waals surface area contributed by atoms with Crippen LogP contribution >= 0.6 is 0 Å². The van der Waals surface area contributed by atoms with Gasteiger partial charge in [-0.15, -0.1) is 0 Å². The third kappa shape index (κ3) is 3.61. The summed E-state index contributed by atoms with van der Waals surface area (Å²) in [7, 11) is 1.93. The van der Waals surface area contributed by atoms with Crippen molar-refractivity contribution in [2.45, 2.75) is 12.8 Å². The molecule has 0 atom stereocenters. The molecule has 0 saturated carbocycles. The number of benzene rings is 2. The highest BCUT2D eigenvalue weighted by Crippen LogP contribution is 2.32. The summed E-state index contributed by atoms with van der Waals surface area (Å²) in [6, 6.07) is 13.1. The van der Waals surface area contributed by atoms with E-state index in [1.54, 1.807) is 9.80 Å². The van der Waals surface area contributed by atoms with E-state index in [0.29, 0.717) is 55.3 Å². The fourth-order valence-electron chi connectivity index (χ4n) is 5.17. The molecule has 1 aromatic heterocycles. The van der Waals surface area contributed by atoms with E-state index < -0.39 is 5.91 Å². The Kier molecular flexibility index (Phi) is 5.26. The predicted molar refractivity (Wildman–Crippen MR) is 133 cm³/mol. The van der Waals surface area contributed by atoms with Crippen molar-refractivity contribution in [2.24, 2.45) is 5.73 Å². The summed E-state index contributed by atoms with van der Waals surface area (Å²) in [6.07, 6.45) is 1.23. The van der Waals surface area contributed by atoms with Crippen LogP contribution in [0.15, 0.2) is 42.5 Å². The zero-order valence-electron chi connectivity index (χ0n) is 19.9. The molecule has 0 unspecified atom stereocenters. The standard InChI is InChI=1S/C26H26N6O4/c1-29-11-12-30(22(33)15-29)17-2-4-18(5-3-17)31-10-8-20-23(25(27)34)28-32(24(20)26(31)35)19-6-7-21-16(14-19)9-13-36-21/h2-7,14H,8-13,15H2,1H3,(H2,27,34). The van der Waals surface area contributed by atoms with Crippen LogP contribution in [0, 0.1) is 0 Å². The number of amides is 3. The molecular formula is C26H26N6O4. The number of nitrogens with two attached hydrogens (primary N) is 1. The number of primary amides is 1. The molecule has 0 bridgehead atoms. The Bertz CT molecular complexity index is 1400. The van der Waals surface area contributed by atoms with Crippen LogP contribution in [0.1, 0.15) is 32.1 Å². The summed E-state index contributed by atoms with van der Waals surface area (Å²) in [6.45, 7) is 2.83. The minimum absolute atomic E-state index is 0.0535. The molecule has 3 aromatic rings. The molecule has 3 aliphatic heterocycles. The van der Waals surface area contributed by atoms with Gasteiger partial charge >= 0.3 is 0 Å². The van der Waals surface area contributed by atoms with Gasteiger partial charge in [0.25, 0.3) is 11.8 Å². The second-order valence-electron chi connectivity index (χ2n) is 9.35. The van der Waals surface area contributed by atoms with Crippen molar-refractivity contribution in [3.63, 3.8) is 0 Å². The van der Waals surface area contributed by atoms with Crippen molar-refractivity contribution >= 4 is 29.1 Å². The maximum absolute atomic E-state index is 13.8. The monoisotopic (exact) mass is 486 g/mol. The molecule has 6 rings (SSSR count). The van der Waals surface area contributed by atoms with Gasteiger partial charge in [-0.1, -0.05) is 0 Å². The van der Waals surface area contributed by atoms with Gasteiger partial charge in [-0.25, -0.2) is 4.68 Å². The maximum atomic E-state index is 13.8. The molecule has 0 aliphatic carbocycles. The van der Waals surface area contributed by atoms with Gasteiger partial charge in [0, 0.05) is 43.0 Å². The van der Waals surface area contributed by atoms with Gasteiger partial charge in [-0.05, 0) is 61.5 Å². The highest BCUT2D eigenvalue weighted by atomic mass is 16.5. The molecule has 1 fully saturated rings. The van der Waals surface area contributed by atoms with Crippen molar-refractivity contribution in [2.75, 3.05) is 49.6 Å². The zero-order valence-corrected chi connectivity index (χ0v) is 19.9. The maximum Gasteiger partial charge on any atom is 0.277 e. The summed E-state index contributed by atoms with van der Waals surface area (Å²) in [5.74, 6) is -0.0343. The number of nitrogens with zero attached hydrogens (tertiary/aromatic N) is 5. The van der Waals surface area contributed by atoms with Crippen LogP contribution in [0.3, 0.4) is 0 Å². The number of rotatable bonds is 4. The second kappa shape index (κ2) is 8.49. The molecule has 10 heteroatoms. The van der Waals surface area contributed by atoms with Gasteiger partial charge in [0.05, 0.1) is 18.8 Å². The van der Waals surface area contributed by atoms with Crippen LogP contribution < -0.4 is 20.3 Å². The summed E-state index contributed by atoms with van der Waals surface area (Å²) in [5, 5.41) is 4.46. The molecule has 0 radical (unpaired) electrons. The number of carbonyl (C=O) groups is 3. The minimum Gasteiger partial charge on any atom is -0.493 e. The number of hydrogen-bond donors (Lipinski definition) is 1. The van der Waals surface area contributed by atoms with Crippen molar-refractivity contribution in [3.05, 3.63) is 65.0 Å². The van der Waals surface area contributed by atoms with Crippen LogP contribution in [0.5, 0.6) is 5.75 Å². The van der Waals surface area contributed by atoms with Gasteiger partial charge in [0.1, 0.15) is 11.4 Å². The molecule has 36 heavy (non-hydrogen) atoms. The van der Waals surface area contributed by atoms with Gasteiger partial charge in [0.2, 0.25) is 5.91 Å². The number of carbonyl (C=O) groups excluding carboxylic acids is 3. The average Bonchev–Trinajstić information content (AvgIpc) is 3.49. The third-order valence-corrected chi connectivity index (χ3v) is 7.05. The van der Waals surface area contributed by atoms with E-state index in [9.17, 15) is 14.4 Å². The van der Waals surface area contributed by atoms with Crippen LogP contribution in [-0.4, -0.2) is 72.2 Å². The van der Waals surface area contributed by atoms with Crippen molar-refractivity contribution < 1.29 is 19.1 Å². The topological polar surface area (TPSA) is 114 Å².